The molecule has 0 unspecified atom stereocenters. The van der Waals surface area contributed by atoms with Crippen molar-refractivity contribution in [1.82, 2.24) is 14.6 Å². The molecule has 0 saturated carbocycles. The van der Waals surface area contributed by atoms with Gasteiger partial charge in [0.2, 0.25) is 10.0 Å². The van der Waals surface area contributed by atoms with E-state index in [0.717, 1.165) is 36.9 Å². The number of nitrogens with zero attached hydrogens (tertiary/aromatic N) is 4. The second-order valence-corrected chi connectivity index (χ2v) is 8.58. The Kier molecular flexibility index (Phi) is 5.74. The highest BCUT2D eigenvalue weighted by molar-refractivity contribution is 7.89. The SMILES string of the molecule is CNS(=O)(=O)c1cccc(CN=C(N)N2CCN(c3nccs3)CC2)c1. The molecule has 3 rings (SSSR count). The van der Waals surface area contributed by atoms with E-state index in [1.807, 2.05) is 22.5 Å². The lowest BCUT2D eigenvalue weighted by Gasteiger charge is -2.35. The maximum absolute atomic E-state index is 11.9. The maximum atomic E-state index is 11.9. The Bertz CT molecular complexity index is 859. The number of guanidine groups is 1. The molecule has 1 fully saturated rings. The van der Waals surface area contributed by atoms with Crippen LogP contribution in [0.15, 0.2) is 45.7 Å². The Morgan fingerprint density at radius 3 is 2.77 bits per heavy atom. The van der Waals surface area contributed by atoms with Crippen molar-refractivity contribution in [2.75, 3.05) is 38.1 Å². The Balaban J connectivity index is 1.60. The summed E-state index contributed by atoms with van der Waals surface area (Å²) in [6.45, 7) is 3.59. The Labute approximate surface area is 157 Å². The summed E-state index contributed by atoms with van der Waals surface area (Å²) in [7, 11) is -2.07. The number of hydrogen-bond acceptors (Lipinski definition) is 6. The first-order valence-corrected chi connectivity index (χ1v) is 10.6. The van der Waals surface area contributed by atoms with Gasteiger partial charge in [-0.15, -0.1) is 11.3 Å². The molecule has 140 valence electrons. The van der Waals surface area contributed by atoms with Gasteiger partial charge in [0, 0.05) is 37.8 Å². The lowest BCUT2D eigenvalue weighted by molar-refractivity contribution is 0.380. The van der Waals surface area contributed by atoms with Crippen LogP contribution in [0.4, 0.5) is 5.13 Å². The average Bonchev–Trinajstić information content (AvgIpc) is 3.21. The smallest absolute Gasteiger partial charge is 0.240 e. The highest BCUT2D eigenvalue weighted by Gasteiger charge is 2.19. The monoisotopic (exact) mass is 394 g/mol. The summed E-state index contributed by atoms with van der Waals surface area (Å²) in [6, 6.07) is 6.72. The molecule has 0 spiro atoms. The molecule has 3 N–H and O–H groups in total. The van der Waals surface area contributed by atoms with Gasteiger partial charge < -0.3 is 15.5 Å². The fourth-order valence-electron chi connectivity index (χ4n) is 2.70. The highest BCUT2D eigenvalue weighted by Crippen LogP contribution is 2.19. The summed E-state index contributed by atoms with van der Waals surface area (Å²) in [4.78, 5) is 13.3. The third-order valence-electron chi connectivity index (χ3n) is 4.19. The standard InChI is InChI=1S/C16H22N6O2S2/c1-18-26(23,24)14-4-2-3-13(11-14)12-20-15(17)21-6-8-22(9-7-21)16-19-5-10-25-16/h2-5,10-11,18H,6-9,12H2,1H3,(H2,17,20). The summed E-state index contributed by atoms with van der Waals surface area (Å²) in [5, 5.41) is 3.00. The van der Waals surface area contributed by atoms with E-state index in [2.05, 4.69) is 19.6 Å². The van der Waals surface area contributed by atoms with E-state index >= 15 is 0 Å². The molecule has 2 heterocycles. The van der Waals surface area contributed by atoms with E-state index in [1.54, 1.807) is 29.5 Å². The molecule has 1 aliphatic heterocycles. The Morgan fingerprint density at radius 1 is 1.35 bits per heavy atom. The first-order chi connectivity index (χ1) is 12.5. The summed E-state index contributed by atoms with van der Waals surface area (Å²) in [5.41, 5.74) is 6.92. The van der Waals surface area contributed by atoms with E-state index in [0.29, 0.717) is 12.5 Å². The van der Waals surface area contributed by atoms with Crippen LogP contribution >= 0.6 is 11.3 Å². The van der Waals surface area contributed by atoms with Crippen LogP contribution in [0.25, 0.3) is 0 Å². The van der Waals surface area contributed by atoms with Gasteiger partial charge in [0.25, 0.3) is 0 Å². The molecule has 26 heavy (non-hydrogen) atoms. The van der Waals surface area contributed by atoms with Gasteiger partial charge >= 0.3 is 0 Å². The van der Waals surface area contributed by atoms with Crippen molar-refractivity contribution in [2.24, 2.45) is 10.7 Å². The third-order valence-corrected chi connectivity index (χ3v) is 6.44. The largest absolute Gasteiger partial charge is 0.370 e. The second-order valence-electron chi connectivity index (χ2n) is 5.82. The predicted octanol–water partition coefficient (Wildman–Crippen LogP) is 0.688. The van der Waals surface area contributed by atoms with Crippen molar-refractivity contribution in [2.45, 2.75) is 11.4 Å². The lowest BCUT2D eigenvalue weighted by Crippen LogP contribution is -2.51. The molecule has 10 heteroatoms. The third kappa shape index (κ3) is 4.32. The van der Waals surface area contributed by atoms with E-state index < -0.39 is 10.0 Å². The van der Waals surface area contributed by atoms with Crippen LogP contribution in [0.2, 0.25) is 0 Å². The van der Waals surface area contributed by atoms with Crippen LogP contribution in [0.1, 0.15) is 5.56 Å². The number of nitrogens with one attached hydrogen (secondary N) is 1. The summed E-state index contributed by atoms with van der Waals surface area (Å²) < 4.78 is 26.1. The molecular weight excluding hydrogens is 372 g/mol. The number of aliphatic imine (C=N–C) groups is 1. The number of aromatic nitrogens is 1. The van der Waals surface area contributed by atoms with Gasteiger partial charge in [0.1, 0.15) is 0 Å². The van der Waals surface area contributed by atoms with Crippen molar-refractivity contribution >= 4 is 32.5 Å². The molecule has 0 atom stereocenters. The minimum Gasteiger partial charge on any atom is -0.370 e. The van der Waals surface area contributed by atoms with Crippen molar-refractivity contribution in [3.8, 4) is 0 Å². The van der Waals surface area contributed by atoms with Gasteiger partial charge in [-0.25, -0.2) is 23.1 Å². The van der Waals surface area contributed by atoms with Crippen LogP contribution in [-0.2, 0) is 16.6 Å². The number of anilines is 1. The Hall–Kier alpha value is -2.17. The predicted molar refractivity (Wildman–Crippen MR) is 104 cm³/mol. The second kappa shape index (κ2) is 8.02. The van der Waals surface area contributed by atoms with Gasteiger partial charge in [-0.2, -0.15) is 0 Å². The minimum atomic E-state index is -3.46. The van der Waals surface area contributed by atoms with Gasteiger partial charge in [0.05, 0.1) is 11.4 Å². The molecule has 8 nitrogen and oxygen atoms in total. The molecule has 0 bridgehead atoms. The molecule has 1 aromatic carbocycles. The highest BCUT2D eigenvalue weighted by atomic mass is 32.2. The number of piperazine rings is 1. The van der Waals surface area contributed by atoms with Crippen LogP contribution < -0.4 is 15.4 Å². The first-order valence-electron chi connectivity index (χ1n) is 8.21. The molecule has 0 aliphatic carbocycles. The minimum absolute atomic E-state index is 0.225. The number of rotatable bonds is 5. The van der Waals surface area contributed by atoms with Gasteiger partial charge in [-0.05, 0) is 24.7 Å². The number of benzene rings is 1. The Morgan fingerprint density at radius 2 is 2.12 bits per heavy atom. The maximum Gasteiger partial charge on any atom is 0.240 e. The number of sulfonamides is 1. The fraction of sp³-hybridized carbons (Fsp3) is 0.375. The van der Waals surface area contributed by atoms with Crippen LogP contribution in [0.5, 0.6) is 0 Å². The zero-order valence-corrected chi connectivity index (χ0v) is 16.1. The summed E-state index contributed by atoms with van der Waals surface area (Å²) >= 11 is 1.63. The summed E-state index contributed by atoms with van der Waals surface area (Å²) in [5.74, 6) is 0.477. The zero-order chi connectivity index (χ0) is 18.6. The van der Waals surface area contributed by atoms with Crippen molar-refractivity contribution in [3.63, 3.8) is 0 Å². The number of thiazole rings is 1. The van der Waals surface area contributed by atoms with Crippen LogP contribution in [-0.4, -0.2) is 57.5 Å². The topological polar surface area (TPSA) is 104 Å². The van der Waals surface area contributed by atoms with Gasteiger partial charge in [-0.1, -0.05) is 12.1 Å². The van der Waals surface area contributed by atoms with Crippen LogP contribution in [0, 0.1) is 0 Å². The quantitative estimate of drug-likeness (QED) is 0.571. The molecule has 2 aromatic rings. The van der Waals surface area contributed by atoms with Crippen molar-refractivity contribution in [1.29, 1.82) is 0 Å². The van der Waals surface area contributed by atoms with Gasteiger partial charge in [-0.3, -0.25) is 0 Å². The fourth-order valence-corrected chi connectivity index (χ4v) is 4.20. The lowest BCUT2D eigenvalue weighted by atomic mass is 10.2. The number of hydrogen-bond donors (Lipinski definition) is 2. The molecule has 1 saturated heterocycles. The zero-order valence-electron chi connectivity index (χ0n) is 14.5. The summed E-state index contributed by atoms with van der Waals surface area (Å²) in [6.07, 6.45) is 1.81. The van der Waals surface area contributed by atoms with Crippen LogP contribution in [0.3, 0.4) is 0 Å². The average molecular weight is 395 g/mol. The van der Waals surface area contributed by atoms with E-state index in [1.165, 1.54) is 7.05 Å². The molecule has 0 radical (unpaired) electrons. The van der Waals surface area contributed by atoms with E-state index in [9.17, 15) is 8.42 Å². The van der Waals surface area contributed by atoms with Gasteiger partial charge in [0.15, 0.2) is 11.1 Å². The molecule has 1 aliphatic rings. The van der Waals surface area contributed by atoms with E-state index in [-0.39, 0.29) is 4.90 Å². The molecular formula is C16H22N6O2S2. The van der Waals surface area contributed by atoms with Crippen molar-refractivity contribution in [3.05, 3.63) is 41.4 Å². The molecule has 1 aromatic heterocycles. The normalized spacial score (nSPS) is 16.1. The molecule has 0 amide bonds. The number of nitrogens with two attached hydrogens (primary N) is 1. The van der Waals surface area contributed by atoms with Crippen molar-refractivity contribution < 1.29 is 8.42 Å². The first kappa shape index (κ1) is 18.6. The van der Waals surface area contributed by atoms with E-state index in [4.69, 9.17) is 5.73 Å².